The van der Waals surface area contributed by atoms with E-state index in [9.17, 15) is 9.59 Å². The molecular weight excluding hydrogens is 188 g/mol. The number of hydrogen-bond donors (Lipinski definition) is 2. The Morgan fingerprint density at radius 3 is 3.00 bits per heavy atom. The number of carboxylic acids is 1. The molecule has 6 heteroatoms. The van der Waals surface area contributed by atoms with Crippen LogP contribution in [0.5, 0.6) is 0 Å². The number of amides is 1. The molecule has 0 radical (unpaired) electrons. The van der Waals surface area contributed by atoms with Crippen LogP contribution in [0.25, 0.3) is 5.70 Å². The van der Waals surface area contributed by atoms with E-state index in [1.54, 1.807) is 0 Å². The Balaban J connectivity index is 2.45. The summed E-state index contributed by atoms with van der Waals surface area (Å²) in [7, 11) is 0. The number of hydrogen-bond acceptors (Lipinski definition) is 4. The summed E-state index contributed by atoms with van der Waals surface area (Å²) < 4.78 is 4.90. The van der Waals surface area contributed by atoms with Gasteiger partial charge in [0, 0.05) is 0 Å². The summed E-state index contributed by atoms with van der Waals surface area (Å²) in [5, 5.41) is 11.2. The van der Waals surface area contributed by atoms with E-state index in [0.717, 1.165) is 0 Å². The molecule has 2 rings (SSSR count). The lowest BCUT2D eigenvalue weighted by atomic mass is 10.2. The van der Waals surface area contributed by atoms with Crippen LogP contribution in [0.1, 0.15) is 12.3 Å². The molecule has 2 N–H and O–H groups in total. The molecule has 6 nitrogen and oxygen atoms in total. The standard InChI is InChI=1S/C8H6N2O4/c11-5-3-4(8(12)13)6(10-5)7-9-1-2-14-7/h1-2H,3H2,(H,10,11)(H,12,13). The molecule has 1 aliphatic rings. The van der Waals surface area contributed by atoms with E-state index < -0.39 is 5.97 Å². The monoisotopic (exact) mass is 194 g/mol. The van der Waals surface area contributed by atoms with Gasteiger partial charge in [-0.15, -0.1) is 0 Å². The highest BCUT2D eigenvalue weighted by Gasteiger charge is 2.29. The number of oxazole rings is 1. The van der Waals surface area contributed by atoms with Crippen molar-refractivity contribution in [2.75, 3.05) is 0 Å². The van der Waals surface area contributed by atoms with Crippen LogP contribution in [-0.2, 0) is 9.59 Å². The quantitative estimate of drug-likeness (QED) is 0.690. The molecule has 14 heavy (non-hydrogen) atoms. The van der Waals surface area contributed by atoms with E-state index in [4.69, 9.17) is 9.52 Å². The Kier molecular flexibility index (Phi) is 1.81. The molecule has 1 aliphatic heterocycles. The fourth-order valence-electron chi connectivity index (χ4n) is 1.22. The highest BCUT2D eigenvalue weighted by molar-refractivity contribution is 6.07. The fourth-order valence-corrected chi connectivity index (χ4v) is 1.22. The van der Waals surface area contributed by atoms with Gasteiger partial charge in [0.25, 0.3) is 0 Å². The van der Waals surface area contributed by atoms with Gasteiger partial charge in [0.05, 0.1) is 18.2 Å². The van der Waals surface area contributed by atoms with Crippen molar-refractivity contribution in [3.05, 3.63) is 23.9 Å². The Morgan fingerprint density at radius 2 is 2.43 bits per heavy atom. The molecule has 72 valence electrons. The average Bonchev–Trinajstić information content (AvgIpc) is 2.70. The first-order chi connectivity index (χ1) is 6.68. The maximum atomic E-state index is 11.0. The van der Waals surface area contributed by atoms with Crippen LogP contribution < -0.4 is 5.32 Å². The largest absolute Gasteiger partial charge is 0.478 e. The zero-order valence-corrected chi connectivity index (χ0v) is 6.98. The second-order valence-corrected chi connectivity index (χ2v) is 2.72. The van der Waals surface area contributed by atoms with Crippen molar-refractivity contribution in [3.63, 3.8) is 0 Å². The van der Waals surface area contributed by atoms with Gasteiger partial charge in [-0.25, -0.2) is 9.78 Å². The Morgan fingerprint density at radius 1 is 1.64 bits per heavy atom. The third-order valence-corrected chi connectivity index (χ3v) is 1.81. The smallest absolute Gasteiger partial charge is 0.334 e. The van der Waals surface area contributed by atoms with Gasteiger partial charge in [-0.1, -0.05) is 0 Å². The minimum atomic E-state index is -1.14. The van der Waals surface area contributed by atoms with Crippen LogP contribution in [0.2, 0.25) is 0 Å². The van der Waals surface area contributed by atoms with E-state index in [0.29, 0.717) is 0 Å². The SMILES string of the molecule is O=C1CC(C(=O)O)=C(c2ncco2)N1. The van der Waals surface area contributed by atoms with Crippen molar-refractivity contribution < 1.29 is 19.1 Å². The van der Waals surface area contributed by atoms with Crippen LogP contribution in [0.3, 0.4) is 0 Å². The molecule has 0 atom stereocenters. The fraction of sp³-hybridized carbons (Fsp3) is 0.125. The van der Waals surface area contributed by atoms with Gasteiger partial charge in [-0.3, -0.25) is 4.79 Å². The lowest BCUT2D eigenvalue weighted by Gasteiger charge is -1.97. The van der Waals surface area contributed by atoms with Crippen LogP contribution in [0.15, 0.2) is 22.5 Å². The Hall–Kier alpha value is -2.11. The minimum absolute atomic E-state index is 0.0162. The van der Waals surface area contributed by atoms with Gasteiger partial charge in [0.15, 0.2) is 0 Å². The molecule has 1 amide bonds. The number of rotatable bonds is 2. The van der Waals surface area contributed by atoms with Crippen molar-refractivity contribution in [2.24, 2.45) is 0 Å². The molecule has 0 unspecified atom stereocenters. The summed E-state index contributed by atoms with van der Waals surface area (Å²) in [6.07, 6.45) is 2.55. The summed E-state index contributed by atoms with van der Waals surface area (Å²) in [6.45, 7) is 0. The first kappa shape index (κ1) is 8.49. The van der Waals surface area contributed by atoms with Crippen LogP contribution >= 0.6 is 0 Å². The van der Waals surface area contributed by atoms with E-state index in [-0.39, 0.29) is 29.5 Å². The zero-order chi connectivity index (χ0) is 10.1. The maximum absolute atomic E-state index is 11.0. The third-order valence-electron chi connectivity index (χ3n) is 1.81. The topological polar surface area (TPSA) is 92.4 Å². The number of carboxylic acid groups (broad SMARTS) is 1. The van der Waals surface area contributed by atoms with E-state index in [1.165, 1.54) is 12.5 Å². The Labute approximate surface area is 78.2 Å². The number of carbonyl (C=O) groups excluding carboxylic acids is 1. The second kappa shape index (κ2) is 2.99. The molecule has 0 aromatic carbocycles. The minimum Gasteiger partial charge on any atom is -0.478 e. The van der Waals surface area contributed by atoms with Gasteiger partial charge in [0.2, 0.25) is 11.8 Å². The Bertz CT molecular complexity index is 419. The van der Waals surface area contributed by atoms with Crippen LogP contribution in [0.4, 0.5) is 0 Å². The van der Waals surface area contributed by atoms with Gasteiger partial charge >= 0.3 is 5.97 Å². The molecule has 0 spiro atoms. The molecule has 0 aliphatic carbocycles. The molecule has 0 fully saturated rings. The summed E-state index contributed by atoms with van der Waals surface area (Å²) in [4.78, 5) is 25.5. The highest BCUT2D eigenvalue weighted by atomic mass is 16.4. The molecular formula is C8H6N2O4. The summed E-state index contributed by atoms with van der Waals surface area (Å²) in [5.74, 6) is -1.39. The molecule has 0 bridgehead atoms. The molecule has 2 heterocycles. The number of aromatic nitrogens is 1. The second-order valence-electron chi connectivity index (χ2n) is 2.72. The zero-order valence-electron chi connectivity index (χ0n) is 6.98. The summed E-state index contributed by atoms with van der Waals surface area (Å²) in [6, 6.07) is 0. The summed E-state index contributed by atoms with van der Waals surface area (Å²) in [5.41, 5.74) is 0.130. The molecule has 0 saturated heterocycles. The predicted molar refractivity (Wildman–Crippen MR) is 43.8 cm³/mol. The number of carbonyl (C=O) groups is 2. The lowest BCUT2D eigenvalue weighted by Crippen LogP contribution is -2.14. The average molecular weight is 194 g/mol. The normalized spacial score (nSPS) is 15.9. The van der Waals surface area contributed by atoms with Gasteiger partial charge in [-0.05, 0) is 0 Å². The van der Waals surface area contributed by atoms with Crippen molar-refractivity contribution in [2.45, 2.75) is 6.42 Å². The predicted octanol–water partition coefficient (Wildman–Crippen LogP) is -0.00980. The van der Waals surface area contributed by atoms with Crippen LogP contribution in [0, 0.1) is 0 Å². The molecule has 1 aromatic heterocycles. The van der Waals surface area contributed by atoms with E-state index >= 15 is 0 Å². The van der Waals surface area contributed by atoms with Crippen molar-refractivity contribution >= 4 is 17.6 Å². The van der Waals surface area contributed by atoms with Crippen molar-refractivity contribution in [1.82, 2.24) is 10.3 Å². The van der Waals surface area contributed by atoms with E-state index in [1.807, 2.05) is 0 Å². The first-order valence-electron chi connectivity index (χ1n) is 3.84. The van der Waals surface area contributed by atoms with Gasteiger partial charge in [-0.2, -0.15) is 0 Å². The lowest BCUT2D eigenvalue weighted by molar-refractivity contribution is -0.133. The number of nitrogens with one attached hydrogen (secondary N) is 1. The van der Waals surface area contributed by atoms with Crippen molar-refractivity contribution in [3.8, 4) is 0 Å². The van der Waals surface area contributed by atoms with Crippen molar-refractivity contribution in [1.29, 1.82) is 0 Å². The molecule has 0 saturated carbocycles. The van der Waals surface area contributed by atoms with E-state index in [2.05, 4.69) is 10.3 Å². The van der Waals surface area contributed by atoms with Gasteiger partial charge < -0.3 is 14.8 Å². The first-order valence-corrected chi connectivity index (χ1v) is 3.84. The third kappa shape index (κ3) is 1.26. The van der Waals surface area contributed by atoms with Crippen LogP contribution in [-0.4, -0.2) is 22.0 Å². The number of nitrogens with zero attached hydrogens (tertiary/aromatic N) is 1. The number of aliphatic carboxylic acids is 1. The maximum Gasteiger partial charge on any atom is 0.334 e. The summed E-state index contributed by atoms with van der Waals surface area (Å²) >= 11 is 0. The molecule has 1 aromatic rings. The van der Waals surface area contributed by atoms with Gasteiger partial charge in [0.1, 0.15) is 12.0 Å². The highest BCUT2D eigenvalue weighted by Crippen LogP contribution is 2.22.